The first-order valence-electron chi connectivity index (χ1n) is 10.2. The van der Waals surface area contributed by atoms with Gasteiger partial charge in [-0.15, -0.1) is 12.4 Å². The molecule has 0 amide bonds. The Morgan fingerprint density at radius 2 is 1.80 bits per heavy atom. The maximum Gasteiger partial charge on any atom is 0.165 e. The van der Waals surface area contributed by atoms with Crippen molar-refractivity contribution in [2.75, 3.05) is 44.2 Å². The van der Waals surface area contributed by atoms with Crippen LogP contribution in [0.15, 0.2) is 42.5 Å². The standard InChI is InChI=1S/C23H29FN2O3.ClH/c1-23(2)14-17-4-3-5-21(22(17)29-23)28-16-20(27)15-25-10-12-26(13-11-25)19-8-6-18(24)7-9-19;/h3-9,20,27H,10-16H2,1-2H3;1H. The summed E-state index contributed by atoms with van der Waals surface area (Å²) in [4.78, 5) is 4.48. The molecule has 1 unspecified atom stereocenters. The summed E-state index contributed by atoms with van der Waals surface area (Å²) >= 11 is 0. The Bertz CT molecular complexity index is 839. The number of nitrogens with zero attached hydrogens (tertiary/aromatic N) is 2. The van der Waals surface area contributed by atoms with Gasteiger partial charge < -0.3 is 19.5 Å². The van der Waals surface area contributed by atoms with Crippen LogP contribution in [0.4, 0.5) is 10.1 Å². The number of para-hydroxylation sites is 1. The maximum atomic E-state index is 13.1. The van der Waals surface area contributed by atoms with Gasteiger partial charge >= 0.3 is 0 Å². The molecular weight excluding hydrogens is 407 g/mol. The second kappa shape index (κ2) is 9.41. The molecule has 2 aromatic rings. The number of ether oxygens (including phenoxy) is 2. The highest BCUT2D eigenvalue weighted by atomic mass is 35.5. The highest BCUT2D eigenvalue weighted by Crippen LogP contribution is 2.41. The Hall–Kier alpha value is -2.02. The number of rotatable bonds is 6. The summed E-state index contributed by atoms with van der Waals surface area (Å²) in [6.07, 6.45) is 0.290. The smallest absolute Gasteiger partial charge is 0.165 e. The predicted octanol–water partition coefficient (Wildman–Crippen LogP) is 3.52. The van der Waals surface area contributed by atoms with Crippen molar-refractivity contribution in [3.8, 4) is 11.5 Å². The summed E-state index contributed by atoms with van der Waals surface area (Å²) in [6.45, 7) is 8.35. The van der Waals surface area contributed by atoms with Gasteiger partial charge in [0.1, 0.15) is 24.1 Å². The summed E-state index contributed by atoms with van der Waals surface area (Å²) in [5.41, 5.74) is 1.97. The van der Waals surface area contributed by atoms with Crippen LogP contribution in [0.2, 0.25) is 0 Å². The largest absolute Gasteiger partial charge is 0.487 e. The average molecular weight is 437 g/mol. The van der Waals surface area contributed by atoms with E-state index < -0.39 is 6.10 Å². The Kier molecular flexibility index (Phi) is 7.11. The van der Waals surface area contributed by atoms with Gasteiger partial charge in [-0.2, -0.15) is 0 Å². The van der Waals surface area contributed by atoms with Gasteiger partial charge in [-0.1, -0.05) is 12.1 Å². The molecule has 0 bridgehead atoms. The van der Waals surface area contributed by atoms with Crippen LogP contribution in [-0.4, -0.2) is 61.0 Å². The highest BCUT2D eigenvalue weighted by molar-refractivity contribution is 5.85. The van der Waals surface area contributed by atoms with Crippen LogP contribution < -0.4 is 14.4 Å². The third kappa shape index (κ3) is 5.36. The number of β-amino-alcohol motifs (C(OH)–C–C–N with tert-alkyl or cyclic N) is 1. The molecule has 4 rings (SSSR count). The molecule has 0 aliphatic carbocycles. The van der Waals surface area contributed by atoms with Gasteiger partial charge in [-0.3, -0.25) is 4.90 Å². The van der Waals surface area contributed by atoms with Crippen molar-refractivity contribution < 1.29 is 19.0 Å². The van der Waals surface area contributed by atoms with Crippen molar-refractivity contribution in [2.45, 2.75) is 32.0 Å². The number of anilines is 1. The number of aliphatic hydroxyl groups is 1. The van der Waals surface area contributed by atoms with E-state index in [4.69, 9.17) is 9.47 Å². The molecule has 2 aliphatic heterocycles. The van der Waals surface area contributed by atoms with E-state index in [1.165, 1.54) is 12.1 Å². The van der Waals surface area contributed by atoms with Crippen LogP contribution in [0.25, 0.3) is 0 Å². The van der Waals surface area contributed by atoms with Gasteiger partial charge in [0, 0.05) is 50.4 Å². The lowest BCUT2D eigenvalue weighted by atomic mass is 10.0. The van der Waals surface area contributed by atoms with Crippen molar-refractivity contribution in [1.29, 1.82) is 0 Å². The molecule has 0 radical (unpaired) electrons. The number of benzene rings is 2. The molecule has 5 nitrogen and oxygen atoms in total. The Morgan fingerprint density at radius 1 is 1.10 bits per heavy atom. The van der Waals surface area contributed by atoms with Crippen LogP contribution in [0.3, 0.4) is 0 Å². The van der Waals surface area contributed by atoms with Gasteiger partial charge in [0.2, 0.25) is 0 Å². The lowest BCUT2D eigenvalue weighted by molar-refractivity contribution is 0.0632. The lowest BCUT2D eigenvalue weighted by Crippen LogP contribution is -2.49. The molecule has 164 valence electrons. The first kappa shape index (κ1) is 22.7. The third-order valence-corrected chi connectivity index (χ3v) is 5.52. The minimum absolute atomic E-state index is 0. The molecule has 2 aromatic carbocycles. The molecule has 1 atom stereocenters. The first-order chi connectivity index (χ1) is 13.9. The zero-order valence-electron chi connectivity index (χ0n) is 17.5. The minimum Gasteiger partial charge on any atom is -0.487 e. The zero-order valence-corrected chi connectivity index (χ0v) is 18.3. The van der Waals surface area contributed by atoms with E-state index in [1.54, 1.807) is 0 Å². The van der Waals surface area contributed by atoms with Crippen LogP contribution >= 0.6 is 12.4 Å². The van der Waals surface area contributed by atoms with E-state index in [2.05, 4.69) is 29.7 Å². The van der Waals surface area contributed by atoms with Gasteiger partial charge in [-0.25, -0.2) is 4.39 Å². The number of halogens is 2. The number of hydrogen-bond donors (Lipinski definition) is 1. The van der Waals surface area contributed by atoms with Crippen LogP contribution in [0.5, 0.6) is 11.5 Å². The monoisotopic (exact) mass is 436 g/mol. The Balaban J connectivity index is 0.00000256. The summed E-state index contributed by atoms with van der Waals surface area (Å²) in [5, 5.41) is 10.5. The zero-order chi connectivity index (χ0) is 20.4. The third-order valence-electron chi connectivity index (χ3n) is 5.52. The van der Waals surface area contributed by atoms with Gasteiger partial charge in [0.15, 0.2) is 11.5 Å². The van der Waals surface area contributed by atoms with Crippen molar-refractivity contribution in [3.05, 3.63) is 53.8 Å². The molecule has 1 saturated heterocycles. The highest BCUT2D eigenvalue weighted by Gasteiger charge is 2.32. The quantitative estimate of drug-likeness (QED) is 0.750. The van der Waals surface area contributed by atoms with Crippen molar-refractivity contribution in [1.82, 2.24) is 4.90 Å². The molecule has 2 heterocycles. The van der Waals surface area contributed by atoms with Crippen molar-refractivity contribution in [3.63, 3.8) is 0 Å². The molecule has 1 fully saturated rings. The molecular formula is C23H30ClFN2O3. The summed E-state index contributed by atoms with van der Waals surface area (Å²) in [5.74, 6) is 1.29. The lowest BCUT2D eigenvalue weighted by Gasteiger charge is -2.36. The van der Waals surface area contributed by atoms with Crippen molar-refractivity contribution in [2.24, 2.45) is 0 Å². The van der Waals surface area contributed by atoms with Gasteiger partial charge in [0.05, 0.1) is 0 Å². The van der Waals surface area contributed by atoms with E-state index in [0.29, 0.717) is 12.3 Å². The number of aliphatic hydroxyl groups excluding tert-OH is 1. The Morgan fingerprint density at radius 3 is 2.50 bits per heavy atom. The van der Waals surface area contributed by atoms with Crippen molar-refractivity contribution >= 4 is 18.1 Å². The molecule has 7 heteroatoms. The fourth-order valence-electron chi connectivity index (χ4n) is 4.08. The molecule has 0 aromatic heterocycles. The summed E-state index contributed by atoms with van der Waals surface area (Å²) in [7, 11) is 0. The van der Waals surface area contributed by atoms with E-state index >= 15 is 0 Å². The van der Waals surface area contributed by atoms with E-state index in [9.17, 15) is 9.50 Å². The normalized spacial score (nSPS) is 18.9. The predicted molar refractivity (Wildman–Crippen MR) is 119 cm³/mol. The fourth-order valence-corrected chi connectivity index (χ4v) is 4.08. The number of hydrogen-bond acceptors (Lipinski definition) is 5. The summed E-state index contributed by atoms with van der Waals surface area (Å²) in [6, 6.07) is 12.6. The van der Waals surface area contributed by atoms with Crippen LogP contribution in [-0.2, 0) is 6.42 Å². The summed E-state index contributed by atoms with van der Waals surface area (Å²) < 4.78 is 25.0. The van der Waals surface area contributed by atoms with Gasteiger partial charge in [-0.05, 0) is 44.2 Å². The second-order valence-corrected chi connectivity index (χ2v) is 8.51. The number of fused-ring (bicyclic) bond motifs is 1. The fraction of sp³-hybridized carbons (Fsp3) is 0.478. The Labute approximate surface area is 183 Å². The molecule has 2 aliphatic rings. The average Bonchev–Trinajstić information content (AvgIpc) is 3.02. The van der Waals surface area contributed by atoms with E-state index in [1.807, 2.05) is 24.3 Å². The first-order valence-corrected chi connectivity index (χ1v) is 10.2. The molecule has 1 N–H and O–H groups in total. The van der Waals surface area contributed by atoms with E-state index in [0.717, 1.165) is 49.6 Å². The molecule has 30 heavy (non-hydrogen) atoms. The molecule has 0 saturated carbocycles. The SMILES string of the molecule is CC1(C)Cc2cccc(OCC(O)CN3CCN(c4ccc(F)cc4)CC3)c2O1.Cl. The minimum atomic E-state index is -0.572. The topological polar surface area (TPSA) is 45.2 Å². The molecule has 0 spiro atoms. The van der Waals surface area contributed by atoms with Crippen LogP contribution in [0, 0.1) is 5.82 Å². The number of piperazine rings is 1. The van der Waals surface area contributed by atoms with Gasteiger partial charge in [0.25, 0.3) is 0 Å². The second-order valence-electron chi connectivity index (χ2n) is 8.51. The van der Waals surface area contributed by atoms with Crippen LogP contribution in [0.1, 0.15) is 19.4 Å². The van der Waals surface area contributed by atoms with E-state index in [-0.39, 0.29) is 30.4 Å². The maximum absolute atomic E-state index is 13.1.